The van der Waals surface area contributed by atoms with Crippen LogP contribution in [0.1, 0.15) is 49.8 Å². The maximum Gasteiger partial charge on any atom is 0.377 e. The summed E-state index contributed by atoms with van der Waals surface area (Å²) in [6.07, 6.45) is 2.55. The van der Waals surface area contributed by atoms with E-state index in [0.717, 1.165) is 29.5 Å². The van der Waals surface area contributed by atoms with Gasteiger partial charge in [-0.3, -0.25) is 4.74 Å². The van der Waals surface area contributed by atoms with Crippen LogP contribution in [0.3, 0.4) is 0 Å². The number of aryl methyl sites for hydroxylation is 2. The van der Waals surface area contributed by atoms with Crippen LogP contribution in [0.15, 0.2) is 78.9 Å². The predicted octanol–water partition coefficient (Wildman–Crippen LogP) is 6.12. The van der Waals surface area contributed by atoms with Gasteiger partial charge in [0.15, 0.2) is 0 Å². The monoisotopic (exact) mass is 476 g/mol. The lowest BCUT2D eigenvalue weighted by Gasteiger charge is -2.42. The second-order valence-corrected chi connectivity index (χ2v) is 8.64. The quantitative estimate of drug-likeness (QED) is 0.336. The molecule has 184 valence electrons. The maximum absolute atomic E-state index is 12.7. The fraction of sp³-hybridized carbons (Fsp3) is 0.345. The molecule has 6 nitrogen and oxygen atoms in total. The zero-order chi connectivity index (χ0) is 24.7. The molecule has 1 heterocycles. The molecule has 1 N–H and O–H groups in total. The molecule has 3 aromatic rings. The number of carboxylic acids is 1. The number of rotatable bonds is 11. The first-order valence-corrected chi connectivity index (χ1v) is 12.1. The van der Waals surface area contributed by atoms with Crippen molar-refractivity contribution < 1.29 is 28.8 Å². The molecular formula is C29H32O6. The fourth-order valence-electron chi connectivity index (χ4n) is 4.23. The third-order valence-electron chi connectivity index (χ3n) is 6.09. The molecule has 0 saturated carbocycles. The van der Waals surface area contributed by atoms with Crippen molar-refractivity contribution in [2.75, 3.05) is 0 Å². The molecule has 35 heavy (non-hydrogen) atoms. The van der Waals surface area contributed by atoms with Crippen LogP contribution in [0.4, 0.5) is 0 Å². The Balaban J connectivity index is 1.69. The summed E-state index contributed by atoms with van der Waals surface area (Å²) in [7, 11) is 0. The van der Waals surface area contributed by atoms with Gasteiger partial charge < -0.3 is 19.3 Å². The van der Waals surface area contributed by atoms with Gasteiger partial charge in [-0.2, -0.15) is 0 Å². The molecule has 1 aliphatic rings. The van der Waals surface area contributed by atoms with E-state index >= 15 is 0 Å². The van der Waals surface area contributed by atoms with Crippen molar-refractivity contribution in [2.45, 2.75) is 64.3 Å². The van der Waals surface area contributed by atoms with E-state index in [0.29, 0.717) is 17.9 Å². The Morgan fingerprint density at radius 2 is 1.71 bits per heavy atom. The van der Waals surface area contributed by atoms with Gasteiger partial charge in [-0.1, -0.05) is 87.0 Å². The Morgan fingerprint density at radius 3 is 2.37 bits per heavy atom. The summed E-state index contributed by atoms with van der Waals surface area (Å²) in [4.78, 5) is 12.7. The van der Waals surface area contributed by atoms with Crippen molar-refractivity contribution in [3.8, 4) is 11.5 Å². The van der Waals surface area contributed by atoms with Crippen LogP contribution < -0.4 is 9.47 Å². The minimum Gasteiger partial charge on any atom is -0.476 e. The molecule has 2 unspecified atom stereocenters. The van der Waals surface area contributed by atoms with Crippen LogP contribution in [0.25, 0.3) is 0 Å². The van der Waals surface area contributed by atoms with E-state index in [4.69, 9.17) is 18.9 Å². The van der Waals surface area contributed by atoms with Crippen LogP contribution >= 0.6 is 0 Å². The molecule has 1 aliphatic heterocycles. The zero-order valence-electron chi connectivity index (χ0n) is 20.2. The van der Waals surface area contributed by atoms with E-state index in [-0.39, 0.29) is 19.4 Å². The van der Waals surface area contributed by atoms with E-state index in [1.165, 1.54) is 0 Å². The van der Waals surface area contributed by atoms with E-state index in [1.54, 1.807) is 12.1 Å². The second kappa shape index (κ2) is 10.9. The lowest BCUT2D eigenvalue weighted by Crippen LogP contribution is -2.58. The highest BCUT2D eigenvalue weighted by Gasteiger charge is 2.53. The summed E-state index contributed by atoms with van der Waals surface area (Å²) < 4.78 is 25.0. The van der Waals surface area contributed by atoms with Crippen LogP contribution in [0, 0.1) is 0 Å². The molecule has 0 aromatic heterocycles. The van der Waals surface area contributed by atoms with Crippen LogP contribution in [0.2, 0.25) is 0 Å². The van der Waals surface area contributed by atoms with Crippen molar-refractivity contribution in [3.63, 3.8) is 0 Å². The lowest BCUT2D eigenvalue weighted by atomic mass is 9.95. The number of fused-ring (bicyclic) bond motifs is 1. The molecule has 0 aliphatic carbocycles. The Morgan fingerprint density at radius 1 is 1.00 bits per heavy atom. The first-order chi connectivity index (χ1) is 17.0. The molecule has 0 bridgehead atoms. The molecule has 0 amide bonds. The smallest absolute Gasteiger partial charge is 0.377 e. The third kappa shape index (κ3) is 5.66. The number of para-hydroxylation sites is 2. The largest absolute Gasteiger partial charge is 0.476 e. The third-order valence-corrected chi connectivity index (χ3v) is 6.09. The Kier molecular flexibility index (Phi) is 7.73. The van der Waals surface area contributed by atoms with Gasteiger partial charge in [0.1, 0.15) is 11.5 Å². The van der Waals surface area contributed by atoms with Gasteiger partial charge in [0.05, 0.1) is 6.61 Å². The minimum atomic E-state index is -1.96. The second-order valence-electron chi connectivity index (χ2n) is 8.64. The normalized spacial score (nSPS) is 18.7. The number of aliphatic carboxylic acids is 1. The Labute approximate surface area is 206 Å². The van der Waals surface area contributed by atoms with E-state index in [1.807, 2.05) is 73.7 Å². The topological polar surface area (TPSA) is 74.2 Å². The molecule has 0 radical (unpaired) electrons. The van der Waals surface area contributed by atoms with Gasteiger partial charge in [0.25, 0.3) is 0 Å². The summed E-state index contributed by atoms with van der Waals surface area (Å²) in [6, 6.07) is 24.7. The first-order valence-electron chi connectivity index (χ1n) is 12.1. The summed E-state index contributed by atoms with van der Waals surface area (Å²) in [6.45, 7) is 4.09. The van der Waals surface area contributed by atoms with E-state index < -0.39 is 17.7 Å². The lowest BCUT2D eigenvalue weighted by molar-refractivity contribution is -0.409. The fourth-order valence-corrected chi connectivity index (χ4v) is 4.23. The summed E-state index contributed by atoms with van der Waals surface area (Å²) >= 11 is 0. The molecule has 0 spiro atoms. The zero-order valence-corrected chi connectivity index (χ0v) is 20.2. The van der Waals surface area contributed by atoms with Gasteiger partial charge >= 0.3 is 17.7 Å². The van der Waals surface area contributed by atoms with Gasteiger partial charge in [-0.15, -0.1) is 0 Å². The summed E-state index contributed by atoms with van der Waals surface area (Å²) in [5, 5.41) is 10.4. The van der Waals surface area contributed by atoms with Crippen molar-refractivity contribution in [3.05, 3.63) is 95.6 Å². The average Bonchev–Trinajstić information content (AvgIpc) is 2.89. The molecule has 6 heteroatoms. The summed E-state index contributed by atoms with van der Waals surface area (Å²) in [5.74, 6) is -3.78. The Hall–Kier alpha value is -3.35. The molecule has 0 fully saturated rings. The highest BCUT2D eigenvalue weighted by Crippen LogP contribution is 2.41. The molecule has 0 saturated heterocycles. The van der Waals surface area contributed by atoms with Crippen molar-refractivity contribution in [1.82, 2.24) is 0 Å². The molecule has 3 aromatic carbocycles. The van der Waals surface area contributed by atoms with Gasteiger partial charge in [-0.25, -0.2) is 4.79 Å². The standard InChI is InChI=1S/C29H32O6/c1-3-12-23-15-11-16-24-19-20-28(27(30)31,34-26(23)24)35-29(4-2,33-25-17-9-6-10-18-25)32-21-22-13-7-5-8-14-22/h5-11,13-18H,3-4,12,19-21H2,1-2H3,(H,30,31). The number of carbonyl (C=O) groups is 1. The van der Waals surface area contributed by atoms with Crippen LogP contribution in [-0.2, 0) is 33.7 Å². The first kappa shape index (κ1) is 24.8. The van der Waals surface area contributed by atoms with Gasteiger partial charge in [-0.05, 0) is 41.7 Å². The van der Waals surface area contributed by atoms with Crippen LogP contribution in [-0.4, -0.2) is 22.8 Å². The van der Waals surface area contributed by atoms with E-state index in [2.05, 4.69) is 6.92 Å². The number of benzene rings is 3. The molecule has 2 atom stereocenters. The average molecular weight is 477 g/mol. The van der Waals surface area contributed by atoms with E-state index in [9.17, 15) is 9.90 Å². The SMILES string of the molecule is CCCc1cccc2c1OC(OC(CC)(OCc1ccccc1)Oc1ccccc1)(C(=O)O)CC2. The Bertz CT molecular complexity index is 1120. The highest BCUT2D eigenvalue weighted by atomic mass is 16.9. The number of hydrogen-bond acceptors (Lipinski definition) is 5. The molecular weight excluding hydrogens is 444 g/mol. The number of hydrogen-bond donors (Lipinski definition) is 1. The summed E-state index contributed by atoms with van der Waals surface area (Å²) in [5.41, 5.74) is 2.86. The predicted molar refractivity (Wildman–Crippen MR) is 132 cm³/mol. The van der Waals surface area contributed by atoms with Gasteiger partial charge in [0, 0.05) is 12.8 Å². The minimum absolute atomic E-state index is 0.125. The van der Waals surface area contributed by atoms with Crippen LogP contribution in [0.5, 0.6) is 11.5 Å². The van der Waals surface area contributed by atoms with Crippen molar-refractivity contribution >= 4 is 5.97 Å². The highest BCUT2D eigenvalue weighted by molar-refractivity contribution is 5.77. The maximum atomic E-state index is 12.7. The van der Waals surface area contributed by atoms with Crippen molar-refractivity contribution in [1.29, 1.82) is 0 Å². The molecule has 4 rings (SSSR count). The number of ether oxygens (including phenoxy) is 4. The van der Waals surface area contributed by atoms with Gasteiger partial charge in [0.2, 0.25) is 0 Å². The van der Waals surface area contributed by atoms with Crippen molar-refractivity contribution in [2.24, 2.45) is 0 Å². The number of carboxylic acid groups (broad SMARTS) is 1.